The highest BCUT2D eigenvalue weighted by Gasteiger charge is 2.11. The summed E-state index contributed by atoms with van der Waals surface area (Å²) in [5, 5.41) is -0.434. The molecule has 0 aliphatic carbocycles. The van der Waals surface area contributed by atoms with Crippen LogP contribution in [0.3, 0.4) is 0 Å². The van der Waals surface area contributed by atoms with Crippen LogP contribution in [0.4, 0.5) is 0 Å². The van der Waals surface area contributed by atoms with Crippen LogP contribution in [0.5, 0.6) is 0 Å². The third kappa shape index (κ3) is 4.76. The SMILES string of the molecule is CCCCC(S)C(=O)N=C=O. The molecule has 1 atom stereocenters. The molecule has 0 N–H and O–H groups in total. The largest absolute Gasteiger partial charge is 0.271 e. The van der Waals surface area contributed by atoms with Gasteiger partial charge in [0.2, 0.25) is 6.08 Å². The molecule has 0 heterocycles. The van der Waals surface area contributed by atoms with Gasteiger partial charge in [-0.25, -0.2) is 4.79 Å². The number of unbranched alkanes of at least 4 members (excludes halogenated alkanes) is 1. The lowest BCUT2D eigenvalue weighted by atomic mass is 10.2. The lowest BCUT2D eigenvalue weighted by Crippen LogP contribution is -2.11. The molecule has 0 saturated carbocycles. The molecule has 0 radical (unpaired) electrons. The maximum absolute atomic E-state index is 10.7. The molecule has 0 aromatic rings. The maximum Gasteiger partial charge on any atom is 0.269 e. The van der Waals surface area contributed by atoms with E-state index in [4.69, 9.17) is 0 Å². The average molecular weight is 173 g/mol. The van der Waals surface area contributed by atoms with Gasteiger partial charge in [0.1, 0.15) is 0 Å². The Hall–Kier alpha value is -0.600. The Labute approximate surface area is 71.3 Å². The van der Waals surface area contributed by atoms with Gasteiger partial charge in [-0.05, 0) is 6.42 Å². The van der Waals surface area contributed by atoms with E-state index in [9.17, 15) is 9.59 Å². The molecular weight excluding hydrogens is 162 g/mol. The molecule has 0 aromatic carbocycles. The lowest BCUT2D eigenvalue weighted by molar-refractivity contribution is -0.117. The molecule has 0 spiro atoms. The molecule has 0 bridgehead atoms. The summed E-state index contributed by atoms with van der Waals surface area (Å²) in [6.45, 7) is 2.02. The highest BCUT2D eigenvalue weighted by molar-refractivity contribution is 7.81. The normalized spacial score (nSPS) is 11.8. The maximum atomic E-state index is 10.7. The second-order valence-electron chi connectivity index (χ2n) is 2.20. The first-order valence-corrected chi connectivity index (χ1v) is 4.03. The van der Waals surface area contributed by atoms with E-state index in [0.717, 1.165) is 12.8 Å². The fraction of sp³-hybridized carbons (Fsp3) is 0.714. The van der Waals surface area contributed by atoms with E-state index >= 15 is 0 Å². The summed E-state index contributed by atoms with van der Waals surface area (Å²) in [6, 6.07) is 0. The summed E-state index contributed by atoms with van der Waals surface area (Å²) in [7, 11) is 0. The van der Waals surface area contributed by atoms with E-state index in [1.54, 1.807) is 0 Å². The second kappa shape index (κ2) is 6.13. The number of thiol groups is 1. The van der Waals surface area contributed by atoms with Gasteiger partial charge in [-0.3, -0.25) is 4.79 Å². The van der Waals surface area contributed by atoms with Crippen molar-refractivity contribution in [2.24, 2.45) is 4.99 Å². The smallest absolute Gasteiger partial charge is 0.269 e. The van der Waals surface area contributed by atoms with Crippen LogP contribution in [0.25, 0.3) is 0 Å². The van der Waals surface area contributed by atoms with Crippen LogP contribution in [0.1, 0.15) is 26.2 Å². The molecule has 0 aliphatic rings. The van der Waals surface area contributed by atoms with Gasteiger partial charge in [0.25, 0.3) is 5.91 Å². The quantitative estimate of drug-likeness (QED) is 0.396. The lowest BCUT2D eigenvalue weighted by Gasteiger charge is -2.01. The molecule has 1 unspecified atom stereocenters. The zero-order valence-electron chi connectivity index (χ0n) is 6.41. The summed E-state index contributed by atoms with van der Waals surface area (Å²) >= 11 is 3.97. The van der Waals surface area contributed by atoms with Gasteiger partial charge < -0.3 is 0 Å². The first-order chi connectivity index (χ1) is 5.22. The van der Waals surface area contributed by atoms with Crippen LogP contribution < -0.4 is 0 Å². The Morgan fingerprint density at radius 1 is 1.73 bits per heavy atom. The Kier molecular flexibility index (Phi) is 5.80. The molecule has 62 valence electrons. The molecule has 0 saturated heterocycles. The first-order valence-electron chi connectivity index (χ1n) is 3.52. The van der Waals surface area contributed by atoms with E-state index in [2.05, 4.69) is 17.6 Å². The van der Waals surface area contributed by atoms with Crippen LogP contribution >= 0.6 is 12.6 Å². The predicted octanol–water partition coefficient (Wildman–Crippen LogP) is 1.34. The molecular formula is C7H11NO2S. The Morgan fingerprint density at radius 3 is 2.82 bits per heavy atom. The van der Waals surface area contributed by atoms with E-state index < -0.39 is 11.2 Å². The van der Waals surface area contributed by atoms with E-state index in [0.29, 0.717) is 6.42 Å². The molecule has 11 heavy (non-hydrogen) atoms. The number of aliphatic imine (C=N–C) groups is 1. The van der Waals surface area contributed by atoms with Crippen molar-refractivity contribution in [1.82, 2.24) is 0 Å². The van der Waals surface area contributed by atoms with Gasteiger partial charge in [0.05, 0.1) is 5.25 Å². The number of nitrogens with zero attached hydrogens (tertiary/aromatic N) is 1. The van der Waals surface area contributed by atoms with E-state index in [1.165, 1.54) is 6.08 Å². The minimum Gasteiger partial charge on any atom is -0.271 e. The van der Waals surface area contributed by atoms with E-state index in [-0.39, 0.29) is 0 Å². The van der Waals surface area contributed by atoms with Gasteiger partial charge >= 0.3 is 0 Å². The minimum atomic E-state index is -0.489. The van der Waals surface area contributed by atoms with Crippen molar-refractivity contribution in [3.63, 3.8) is 0 Å². The van der Waals surface area contributed by atoms with Gasteiger partial charge in [-0.1, -0.05) is 19.8 Å². The van der Waals surface area contributed by atoms with E-state index in [1.807, 2.05) is 6.92 Å². The highest BCUT2D eigenvalue weighted by Crippen LogP contribution is 2.07. The molecule has 0 rings (SSSR count). The molecule has 0 aromatic heterocycles. The summed E-state index contributed by atoms with van der Waals surface area (Å²) < 4.78 is 0. The van der Waals surface area contributed by atoms with Gasteiger partial charge in [0.15, 0.2) is 0 Å². The minimum absolute atomic E-state index is 0.434. The van der Waals surface area contributed by atoms with Crippen LogP contribution in [-0.4, -0.2) is 17.2 Å². The van der Waals surface area contributed by atoms with Gasteiger partial charge in [-0.15, -0.1) is 4.99 Å². The third-order valence-corrected chi connectivity index (χ3v) is 1.75. The summed E-state index contributed by atoms with van der Waals surface area (Å²) in [6.07, 6.45) is 3.81. The number of hydrogen-bond donors (Lipinski definition) is 1. The van der Waals surface area contributed by atoms with Crippen molar-refractivity contribution in [3.8, 4) is 0 Å². The molecule has 1 amide bonds. The number of hydrogen-bond acceptors (Lipinski definition) is 3. The van der Waals surface area contributed by atoms with Crippen LogP contribution in [0.15, 0.2) is 4.99 Å². The van der Waals surface area contributed by atoms with Gasteiger partial charge in [-0.2, -0.15) is 12.6 Å². The Balaban J connectivity index is 3.73. The molecule has 0 fully saturated rings. The van der Waals surface area contributed by atoms with Crippen molar-refractivity contribution in [3.05, 3.63) is 0 Å². The number of rotatable bonds is 4. The molecule has 4 heteroatoms. The predicted molar refractivity (Wildman–Crippen MR) is 45.4 cm³/mol. The van der Waals surface area contributed by atoms with Gasteiger partial charge in [0, 0.05) is 0 Å². The Bertz CT molecular complexity index is 175. The Morgan fingerprint density at radius 2 is 2.36 bits per heavy atom. The summed E-state index contributed by atoms with van der Waals surface area (Å²) in [4.78, 5) is 23.3. The van der Waals surface area contributed by atoms with Crippen molar-refractivity contribution in [2.75, 3.05) is 0 Å². The zero-order valence-corrected chi connectivity index (χ0v) is 7.30. The zero-order chi connectivity index (χ0) is 8.69. The fourth-order valence-electron chi connectivity index (χ4n) is 0.640. The number of amides is 1. The second-order valence-corrected chi connectivity index (χ2v) is 2.82. The summed E-state index contributed by atoms with van der Waals surface area (Å²) in [5.41, 5.74) is 0. The first kappa shape index (κ1) is 10.4. The standard InChI is InChI=1S/C7H11NO2S/c1-2-3-4-6(11)7(10)8-5-9/h6,11H,2-4H2,1H3. The fourth-order valence-corrected chi connectivity index (χ4v) is 0.881. The third-order valence-electron chi connectivity index (χ3n) is 1.27. The monoisotopic (exact) mass is 173 g/mol. The van der Waals surface area contributed by atoms with Crippen molar-refractivity contribution >= 4 is 24.6 Å². The summed E-state index contributed by atoms with van der Waals surface area (Å²) in [5.74, 6) is -0.489. The van der Waals surface area contributed by atoms with Crippen LogP contribution in [-0.2, 0) is 9.59 Å². The number of isocyanates is 1. The average Bonchev–Trinajstić information content (AvgIpc) is 2.00. The van der Waals surface area contributed by atoms with Crippen molar-refractivity contribution < 1.29 is 9.59 Å². The topological polar surface area (TPSA) is 46.5 Å². The number of carbonyl (C=O) groups excluding carboxylic acids is 2. The molecule has 3 nitrogen and oxygen atoms in total. The van der Waals surface area contributed by atoms with Crippen LogP contribution in [0, 0.1) is 0 Å². The van der Waals surface area contributed by atoms with Crippen molar-refractivity contribution in [1.29, 1.82) is 0 Å². The van der Waals surface area contributed by atoms with Crippen LogP contribution in [0.2, 0.25) is 0 Å². The highest BCUT2D eigenvalue weighted by atomic mass is 32.1. The van der Waals surface area contributed by atoms with Crippen molar-refractivity contribution in [2.45, 2.75) is 31.4 Å². The number of carbonyl (C=O) groups is 1. The molecule has 0 aliphatic heterocycles.